The van der Waals surface area contributed by atoms with Crippen molar-refractivity contribution in [3.63, 3.8) is 0 Å². The Morgan fingerprint density at radius 1 is 1.23 bits per heavy atom. The highest BCUT2D eigenvalue weighted by Gasteiger charge is 2.13. The molecule has 0 unspecified atom stereocenters. The summed E-state index contributed by atoms with van der Waals surface area (Å²) in [6.45, 7) is 0.114. The fraction of sp³-hybridized carbons (Fsp3) is 0.750. The third-order valence-electron chi connectivity index (χ3n) is 1.20. The molecule has 0 saturated heterocycles. The van der Waals surface area contributed by atoms with Crippen molar-refractivity contribution in [1.29, 1.82) is 0 Å². The molecule has 0 aliphatic heterocycles. The van der Waals surface area contributed by atoms with E-state index < -0.39 is 0 Å². The molecule has 0 N–H and O–H groups in total. The highest BCUT2D eigenvalue weighted by molar-refractivity contribution is 7.96. The van der Waals surface area contributed by atoms with Crippen molar-refractivity contribution in [1.82, 2.24) is 0 Å². The molecule has 0 radical (unpaired) electrons. The summed E-state index contributed by atoms with van der Waals surface area (Å²) in [6.07, 6.45) is 4.05. The molecule has 0 fully saturated rings. The predicted molar refractivity (Wildman–Crippen MR) is 51.7 cm³/mol. The van der Waals surface area contributed by atoms with E-state index >= 15 is 0 Å². The Kier molecular flexibility index (Phi) is 6.40. The number of hydrogen-bond acceptors (Lipinski definition) is 4. The molecule has 0 amide bonds. The predicted octanol–water partition coefficient (Wildman–Crippen LogP) is -0.0294. The van der Waals surface area contributed by atoms with E-state index in [1.807, 2.05) is 12.5 Å². The molecule has 0 aromatic heterocycles. The van der Waals surface area contributed by atoms with Crippen LogP contribution < -0.4 is 0 Å². The zero-order valence-corrected chi connectivity index (χ0v) is 8.98. The van der Waals surface area contributed by atoms with Gasteiger partial charge in [-0.1, -0.05) is 0 Å². The van der Waals surface area contributed by atoms with Crippen molar-refractivity contribution >= 4 is 22.8 Å². The molecule has 0 spiro atoms. The van der Waals surface area contributed by atoms with Crippen molar-refractivity contribution in [2.45, 2.75) is 6.42 Å². The van der Waals surface area contributed by atoms with Crippen LogP contribution in [0.4, 0.5) is 0 Å². The van der Waals surface area contributed by atoms with Crippen LogP contribution in [0.25, 0.3) is 0 Å². The van der Waals surface area contributed by atoms with Gasteiger partial charge in [0.2, 0.25) is 5.75 Å². The lowest BCUT2D eigenvalue weighted by Gasteiger charge is -2.01. The van der Waals surface area contributed by atoms with Gasteiger partial charge in [0.15, 0.2) is 0 Å². The number of carbonyl (C=O) groups is 2. The number of hydrogen-bond donors (Lipinski definition) is 0. The second-order valence-corrected chi connectivity index (χ2v) is 4.94. The van der Waals surface area contributed by atoms with Crippen LogP contribution in [0, 0.1) is 0 Å². The Bertz CT molecular complexity index is 179. The standard InChI is InChI=1S/C8H15O4S/c1-11-7(9)4-5-12-8(10)6-13(2)3/h4-6H2,1-3H3/q+1. The molecule has 5 heteroatoms. The number of carbonyl (C=O) groups excluding carboxylic acids is 2. The normalized spacial score (nSPS) is 9.85. The van der Waals surface area contributed by atoms with Crippen LogP contribution in [0.5, 0.6) is 0 Å². The van der Waals surface area contributed by atoms with Crippen LogP contribution in [-0.4, -0.2) is 43.9 Å². The van der Waals surface area contributed by atoms with E-state index in [1.54, 1.807) is 0 Å². The summed E-state index contributed by atoms with van der Waals surface area (Å²) in [5.41, 5.74) is 0. The molecule has 0 rings (SSSR count). The maximum Gasteiger partial charge on any atom is 0.356 e. The van der Waals surface area contributed by atoms with Crippen molar-refractivity contribution < 1.29 is 19.1 Å². The minimum absolute atomic E-state index is 0.0477. The minimum Gasteiger partial charge on any atom is -0.469 e. The first-order chi connectivity index (χ1) is 6.06. The van der Waals surface area contributed by atoms with E-state index in [9.17, 15) is 9.59 Å². The number of esters is 2. The Balaban J connectivity index is 3.42. The molecule has 0 aromatic rings. The highest BCUT2D eigenvalue weighted by Crippen LogP contribution is 1.91. The Morgan fingerprint density at radius 2 is 1.85 bits per heavy atom. The number of methoxy groups -OCH3 is 1. The minimum atomic E-state index is -0.361. The molecule has 0 aromatic carbocycles. The second-order valence-electron chi connectivity index (χ2n) is 2.68. The maximum absolute atomic E-state index is 11.0. The van der Waals surface area contributed by atoms with Crippen LogP contribution in [0.1, 0.15) is 6.42 Å². The first-order valence-corrected chi connectivity index (χ1v) is 6.04. The van der Waals surface area contributed by atoms with E-state index in [1.165, 1.54) is 7.11 Å². The van der Waals surface area contributed by atoms with E-state index in [4.69, 9.17) is 4.74 Å². The highest BCUT2D eigenvalue weighted by atomic mass is 32.2. The molecule has 0 aliphatic rings. The quantitative estimate of drug-likeness (QED) is 0.469. The van der Waals surface area contributed by atoms with Crippen molar-refractivity contribution in [2.75, 3.05) is 32.0 Å². The maximum atomic E-state index is 11.0. The van der Waals surface area contributed by atoms with Gasteiger partial charge in [0.1, 0.15) is 6.61 Å². The van der Waals surface area contributed by atoms with Gasteiger partial charge in [0.05, 0.1) is 26.0 Å². The third kappa shape index (κ3) is 7.64. The Hall–Kier alpha value is -0.710. The lowest BCUT2D eigenvalue weighted by atomic mass is 10.5. The van der Waals surface area contributed by atoms with E-state index in [2.05, 4.69) is 4.74 Å². The van der Waals surface area contributed by atoms with Crippen LogP contribution in [0.2, 0.25) is 0 Å². The summed E-state index contributed by atoms with van der Waals surface area (Å²) < 4.78 is 9.18. The average molecular weight is 207 g/mol. The summed E-state index contributed by atoms with van der Waals surface area (Å²) in [5.74, 6) is -0.196. The molecule has 0 heterocycles. The lowest BCUT2D eigenvalue weighted by molar-refractivity contribution is -0.146. The van der Waals surface area contributed by atoms with Crippen LogP contribution in [0.15, 0.2) is 0 Å². The van der Waals surface area contributed by atoms with Crippen molar-refractivity contribution in [2.24, 2.45) is 0 Å². The molecule has 0 aliphatic carbocycles. The van der Waals surface area contributed by atoms with Gasteiger partial charge in [-0.25, -0.2) is 4.79 Å². The lowest BCUT2D eigenvalue weighted by Crippen LogP contribution is -2.18. The molecule has 13 heavy (non-hydrogen) atoms. The Morgan fingerprint density at radius 3 is 2.31 bits per heavy atom. The molecule has 76 valence electrons. The van der Waals surface area contributed by atoms with E-state index in [-0.39, 0.29) is 35.9 Å². The molecular formula is C8H15O4S+. The third-order valence-corrected chi connectivity index (χ3v) is 2.02. The monoisotopic (exact) mass is 207 g/mol. The molecule has 0 saturated carbocycles. The summed E-state index contributed by atoms with van der Waals surface area (Å²) in [4.78, 5) is 21.6. The first-order valence-electron chi connectivity index (χ1n) is 3.83. The summed E-state index contributed by atoms with van der Waals surface area (Å²) in [6, 6.07) is 0. The summed E-state index contributed by atoms with van der Waals surface area (Å²) >= 11 is 0. The zero-order valence-electron chi connectivity index (χ0n) is 8.16. The van der Waals surface area contributed by atoms with E-state index in [0.29, 0.717) is 5.75 Å². The first kappa shape index (κ1) is 12.3. The van der Waals surface area contributed by atoms with Gasteiger partial charge < -0.3 is 9.47 Å². The molecule has 0 atom stereocenters. The van der Waals surface area contributed by atoms with Crippen molar-refractivity contribution in [3.8, 4) is 0 Å². The van der Waals surface area contributed by atoms with Gasteiger partial charge in [-0.3, -0.25) is 4.79 Å². The van der Waals surface area contributed by atoms with Gasteiger partial charge in [-0.05, 0) is 10.9 Å². The fourth-order valence-corrected chi connectivity index (χ4v) is 1.18. The van der Waals surface area contributed by atoms with Crippen molar-refractivity contribution in [3.05, 3.63) is 0 Å². The zero-order chi connectivity index (χ0) is 10.3. The smallest absolute Gasteiger partial charge is 0.356 e. The molecular weight excluding hydrogens is 192 g/mol. The number of ether oxygens (including phenoxy) is 2. The van der Waals surface area contributed by atoms with Gasteiger partial charge in [-0.15, -0.1) is 0 Å². The van der Waals surface area contributed by atoms with Crippen LogP contribution >= 0.6 is 0 Å². The van der Waals surface area contributed by atoms with E-state index in [0.717, 1.165) is 0 Å². The van der Waals surface area contributed by atoms with Gasteiger partial charge >= 0.3 is 11.9 Å². The topological polar surface area (TPSA) is 52.6 Å². The fourth-order valence-electron chi connectivity index (χ4n) is 0.628. The van der Waals surface area contributed by atoms with Crippen LogP contribution in [-0.2, 0) is 30.0 Å². The SMILES string of the molecule is COC(=O)CCOC(=O)C[S+](C)C. The van der Waals surface area contributed by atoms with Gasteiger partial charge in [-0.2, -0.15) is 0 Å². The van der Waals surface area contributed by atoms with Gasteiger partial charge in [0, 0.05) is 0 Å². The van der Waals surface area contributed by atoms with Gasteiger partial charge in [0.25, 0.3) is 0 Å². The average Bonchev–Trinajstić information content (AvgIpc) is 2.02. The molecule has 0 bridgehead atoms. The Labute approximate surface area is 80.9 Å². The molecule has 4 nitrogen and oxygen atoms in total. The second kappa shape index (κ2) is 6.77. The number of rotatable bonds is 5. The summed E-state index contributed by atoms with van der Waals surface area (Å²) in [5, 5.41) is 0. The van der Waals surface area contributed by atoms with Crippen LogP contribution in [0.3, 0.4) is 0 Å². The summed E-state index contributed by atoms with van der Waals surface area (Å²) in [7, 11) is 1.35. The largest absolute Gasteiger partial charge is 0.469 e.